The van der Waals surface area contributed by atoms with Crippen LogP contribution in [0.5, 0.6) is 0 Å². The van der Waals surface area contributed by atoms with Crippen LogP contribution in [-0.2, 0) is 0 Å². The summed E-state index contributed by atoms with van der Waals surface area (Å²) in [7, 11) is 0. The lowest BCUT2D eigenvalue weighted by molar-refractivity contribution is 0.0571. The second-order valence-electron chi connectivity index (χ2n) is 8.29. The van der Waals surface area contributed by atoms with Crippen LogP contribution in [-0.4, -0.2) is 53.8 Å². The smallest absolute Gasteiger partial charge is 0.255 e. The quantitative estimate of drug-likeness (QED) is 0.653. The summed E-state index contributed by atoms with van der Waals surface area (Å²) in [5.74, 6) is -0.232. The topological polar surface area (TPSA) is 52.7 Å². The van der Waals surface area contributed by atoms with Crippen LogP contribution in [0, 0.1) is 0 Å². The van der Waals surface area contributed by atoms with Gasteiger partial charge in [-0.15, -0.1) is 0 Å². The SMILES string of the molecule is O=C(Nc1ccc(C(=O)N2CCN3CCC[C@@H]3C2)cc1Cl)c1ccc2ccccc2c1. The fourth-order valence-corrected chi connectivity index (χ4v) is 4.86. The number of hydrogen-bond donors (Lipinski definition) is 1. The zero-order chi connectivity index (χ0) is 21.4. The summed E-state index contributed by atoms with van der Waals surface area (Å²) in [5, 5.41) is 5.31. The van der Waals surface area contributed by atoms with Crippen molar-refractivity contribution in [3.05, 3.63) is 76.8 Å². The van der Waals surface area contributed by atoms with Gasteiger partial charge < -0.3 is 10.2 Å². The molecule has 6 heteroatoms. The van der Waals surface area contributed by atoms with Crippen molar-refractivity contribution in [3.63, 3.8) is 0 Å². The molecule has 0 aromatic heterocycles. The van der Waals surface area contributed by atoms with Crippen LogP contribution in [0.15, 0.2) is 60.7 Å². The Balaban J connectivity index is 1.29. The average Bonchev–Trinajstić information content (AvgIpc) is 3.27. The lowest BCUT2D eigenvalue weighted by Crippen LogP contribution is -2.52. The van der Waals surface area contributed by atoms with Gasteiger partial charge in [-0.25, -0.2) is 0 Å². The molecule has 31 heavy (non-hydrogen) atoms. The van der Waals surface area contributed by atoms with E-state index in [0.717, 1.165) is 43.4 Å². The first-order valence-corrected chi connectivity index (χ1v) is 11.1. The molecule has 3 aromatic rings. The van der Waals surface area contributed by atoms with Crippen molar-refractivity contribution < 1.29 is 9.59 Å². The third-order valence-electron chi connectivity index (χ3n) is 6.35. The molecule has 2 fully saturated rings. The predicted octanol–water partition coefficient (Wildman–Crippen LogP) is 4.67. The summed E-state index contributed by atoms with van der Waals surface area (Å²) in [6, 6.07) is 19.1. The van der Waals surface area contributed by atoms with Gasteiger partial charge in [-0.2, -0.15) is 0 Å². The van der Waals surface area contributed by atoms with Gasteiger partial charge in [-0.05, 0) is 60.5 Å². The second kappa shape index (κ2) is 8.33. The minimum Gasteiger partial charge on any atom is -0.336 e. The number of carbonyl (C=O) groups is 2. The van der Waals surface area contributed by atoms with E-state index in [1.54, 1.807) is 24.3 Å². The molecule has 158 valence electrons. The number of hydrogen-bond acceptors (Lipinski definition) is 3. The van der Waals surface area contributed by atoms with E-state index in [1.807, 2.05) is 41.3 Å². The summed E-state index contributed by atoms with van der Waals surface area (Å²) >= 11 is 6.43. The number of fused-ring (bicyclic) bond motifs is 2. The van der Waals surface area contributed by atoms with Gasteiger partial charge in [0.2, 0.25) is 0 Å². The molecular formula is C25H24ClN3O2. The Kier molecular flexibility index (Phi) is 5.38. The molecule has 5 nitrogen and oxygen atoms in total. The highest BCUT2D eigenvalue weighted by molar-refractivity contribution is 6.34. The van der Waals surface area contributed by atoms with Gasteiger partial charge in [0.1, 0.15) is 0 Å². The highest BCUT2D eigenvalue weighted by atomic mass is 35.5. The number of nitrogens with zero attached hydrogens (tertiary/aromatic N) is 2. The lowest BCUT2D eigenvalue weighted by Gasteiger charge is -2.37. The molecule has 3 aromatic carbocycles. The Bertz CT molecular complexity index is 1160. The Morgan fingerprint density at radius 3 is 2.55 bits per heavy atom. The Hall–Kier alpha value is -2.89. The maximum atomic E-state index is 13.0. The highest BCUT2D eigenvalue weighted by Crippen LogP contribution is 2.27. The molecular weight excluding hydrogens is 410 g/mol. The lowest BCUT2D eigenvalue weighted by atomic mass is 10.1. The third kappa shape index (κ3) is 4.03. The van der Waals surface area contributed by atoms with Crippen LogP contribution in [0.25, 0.3) is 10.8 Å². The first-order valence-electron chi connectivity index (χ1n) is 10.7. The average molecular weight is 434 g/mol. The molecule has 0 radical (unpaired) electrons. The summed E-state index contributed by atoms with van der Waals surface area (Å²) < 4.78 is 0. The molecule has 2 amide bonds. The maximum Gasteiger partial charge on any atom is 0.255 e. The summed E-state index contributed by atoms with van der Waals surface area (Å²) in [6.45, 7) is 3.60. The summed E-state index contributed by atoms with van der Waals surface area (Å²) in [6.07, 6.45) is 2.37. The van der Waals surface area contributed by atoms with Crippen molar-refractivity contribution in [1.29, 1.82) is 0 Å². The van der Waals surface area contributed by atoms with E-state index in [2.05, 4.69) is 10.2 Å². The fourth-order valence-electron chi connectivity index (χ4n) is 4.63. The second-order valence-corrected chi connectivity index (χ2v) is 8.70. The molecule has 5 rings (SSSR count). The van der Waals surface area contributed by atoms with Crippen LogP contribution in [0.1, 0.15) is 33.6 Å². The first kappa shape index (κ1) is 20.0. The summed E-state index contributed by atoms with van der Waals surface area (Å²) in [5.41, 5.74) is 1.61. The predicted molar refractivity (Wildman–Crippen MR) is 124 cm³/mol. The van der Waals surface area contributed by atoms with Crippen LogP contribution >= 0.6 is 11.6 Å². The number of halogens is 1. The van der Waals surface area contributed by atoms with E-state index in [9.17, 15) is 9.59 Å². The molecule has 0 saturated carbocycles. The van der Waals surface area contributed by atoms with E-state index in [-0.39, 0.29) is 11.8 Å². The molecule has 0 bridgehead atoms. The molecule has 0 aliphatic carbocycles. The Morgan fingerprint density at radius 2 is 1.71 bits per heavy atom. The van der Waals surface area contributed by atoms with Crippen molar-refractivity contribution in [1.82, 2.24) is 9.80 Å². The van der Waals surface area contributed by atoms with Crippen molar-refractivity contribution >= 4 is 39.9 Å². The standard InChI is InChI=1S/C25H24ClN3O2/c26-22-15-20(25(31)29-13-12-28-11-3-6-21(28)16-29)9-10-23(22)27-24(30)19-8-7-17-4-1-2-5-18(17)14-19/h1-2,4-5,7-10,14-15,21H,3,6,11-13,16H2,(H,27,30)/t21-/m1/s1. The third-order valence-corrected chi connectivity index (χ3v) is 6.66. The fraction of sp³-hybridized carbons (Fsp3) is 0.280. The van der Waals surface area contributed by atoms with Gasteiger partial charge in [0.25, 0.3) is 11.8 Å². The number of amides is 2. The minimum absolute atomic E-state index is 0.000792. The number of carbonyl (C=O) groups excluding carboxylic acids is 2. The van der Waals surface area contributed by atoms with Gasteiger partial charge in [0, 0.05) is 36.8 Å². The van der Waals surface area contributed by atoms with Gasteiger partial charge in [0.15, 0.2) is 0 Å². The van der Waals surface area contributed by atoms with Crippen molar-refractivity contribution in [2.45, 2.75) is 18.9 Å². The molecule has 2 heterocycles. The largest absolute Gasteiger partial charge is 0.336 e. The zero-order valence-electron chi connectivity index (χ0n) is 17.2. The number of anilines is 1. The van der Waals surface area contributed by atoms with E-state index in [0.29, 0.717) is 27.9 Å². The van der Waals surface area contributed by atoms with Crippen molar-refractivity contribution in [3.8, 4) is 0 Å². The molecule has 2 saturated heterocycles. The van der Waals surface area contributed by atoms with Gasteiger partial charge in [-0.1, -0.05) is 41.9 Å². The molecule has 1 N–H and O–H groups in total. The Morgan fingerprint density at radius 1 is 0.903 bits per heavy atom. The Labute approximate surface area is 186 Å². The molecule has 2 aliphatic rings. The van der Waals surface area contributed by atoms with Crippen molar-refractivity contribution in [2.24, 2.45) is 0 Å². The van der Waals surface area contributed by atoms with Crippen molar-refractivity contribution in [2.75, 3.05) is 31.5 Å². The van der Waals surface area contributed by atoms with E-state index in [4.69, 9.17) is 11.6 Å². The zero-order valence-corrected chi connectivity index (χ0v) is 17.9. The van der Waals surface area contributed by atoms with E-state index < -0.39 is 0 Å². The molecule has 0 spiro atoms. The van der Waals surface area contributed by atoms with Gasteiger partial charge in [0.05, 0.1) is 10.7 Å². The minimum atomic E-state index is -0.232. The molecule has 0 unspecified atom stereocenters. The van der Waals surface area contributed by atoms with E-state index in [1.165, 1.54) is 6.42 Å². The molecule has 2 aliphatic heterocycles. The first-order chi connectivity index (χ1) is 15.1. The van der Waals surface area contributed by atoms with Crippen LogP contribution in [0.2, 0.25) is 5.02 Å². The van der Waals surface area contributed by atoms with Gasteiger partial charge in [-0.3, -0.25) is 14.5 Å². The maximum absolute atomic E-state index is 13.0. The number of nitrogens with one attached hydrogen (secondary N) is 1. The summed E-state index contributed by atoms with van der Waals surface area (Å²) in [4.78, 5) is 30.1. The number of piperazine rings is 1. The molecule has 1 atom stereocenters. The number of rotatable bonds is 3. The van der Waals surface area contributed by atoms with Crippen LogP contribution < -0.4 is 5.32 Å². The van der Waals surface area contributed by atoms with Crippen LogP contribution in [0.4, 0.5) is 5.69 Å². The van der Waals surface area contributed by atoms with E-state index >= 15 is 0 Å². The monoisotopic (exact) mass is 433 g/mol. The van der Waals surface area contributed by atoms with Crippen LogP contribution in [0.3, 0.4) is 0 Å². The van der Waals surface area contributed by atoms with Gasteiger partial charge >= 0.3 is 0 Å². The normalized spacial score (nSPS) is 18.7. The highest BCUT2D eigenvalue weighted by Gasteiger charge is 2.32. The number of benzene rings is 3.